The Kier molecular flexibility index (Phi) is 8.91. The van der Waals surface area contributed by atoms with E-state index in [4.69, 9.17) is 14.2 Å². The molecule has 0 aromatic heterocycles. The third kappa shape index (κ3) is 5.47. The number of ether oxygens (including phenoxy) is 3. The predicted octanol–water partition coefficient (Wildman–Crippen LogP) is 6.86. The van der Waals surface area contributed by atoms with Gasteiger partial charge >= 0.3 is 18.4 Å². The molecule has 5 saturated carbocycles. The van der Waals surface area contributed by atoms with Crippen molar-refractivity contribution in [2.24, 2.45) is 56.7 Å². The summed E-state index contributed by atoms with van der Waals surface area (Å²) in [5.41, 5.74) is -0.380. The highest BCUT2D eigenvalue weighted by molar-refractivity contribution is 5.68. The lowest BCUT2D eigenvalue weighted by Crippen LogP contribution is -2.62. The molecule has 7 fully saturated rings. The van der Waals surface area contributed by atoms with Crippen molar-refractivity contribution in [3.05, 3.63) is 0 Å². The number of rotatable bonds is 6. The predicted molar refractivity (Wildman–Crippen MR) is 185 cm³/mol. The molecule has 2 heterocycles. The van der Waals surface area contributed by atoms with Gasteiger partial charge in [-0.2, -0.15) is 13.2 Å². The number of amides is 2. The van der Waals surface area contributed by atoms with Crippen LogP contribution in [0, 0.1) is 56.7 Å². The molecular formula is C39H62F3N3O6. The molecular weight excluding hydrogens is 663 g/mol. The van der Waals surface area contributed by atoms with E-state index >= 15 is 0 Å². The van der Waals surface area contributed by atoms with Crippen molar-refractivity contribution in [3.63, 3.8) is 0 Å². The second-order valence-electron chi connectivity index (χ2n) is 19.6. The van der Waals surface area contributed by atoms with Gasteiger partial charge in [-0.3, -0.25) is 4.90 Å². The molecule has 9 nitrogen and oxygen atoms in total. The Labute approximate surface area is 302 Å². The molecule has 7 rings (SSSR count). The number of nitrogens with one attached hydrogen (secondary N) is 1. The van der Waals surface area contributed by atoms with E-state index in [2.05, 4.69) is 53.8 Å². The molecule has 12 heteroatoms. The lowest BCUT2D eigenvalue weighted by Gasteiger charge is -2.63. The van der Waals surface area contributed by atoms with Crippen LogP contribution in [-0.2, 0) is 14.2 Å². The van der Waals surface area contributed by atoms with Crippen LogP contribution in [-0.4, -0.2) is 104 Å². The van der Waals surface area contributed by atoms with Gasteiger partial charge in [0, 0.05) is 38.0 Å². The molecule has 4 unspecified atom stereocenters. The zero-order valence-corrected chi connectivity index (χ0v) is 32.1. The summed E-state index contributed by atoms with van der Waals surface area (Å²) in [6.07, 6.45) is 0.883. The summed E-state index contributed by atoms with van der Waals surface area (Å²) in [5.74, 6) is 1.33. The molecule has 5 aliphatic carbocycles. The van der Waals surface area contributed by atoms with Crippen LogP contribution in [0.15, 0.2) is 0 Å². The molecule has 2 spiro atoms. The Morgan fingerprint density at radius 2 is 1.67 bits per heavy atom. The minimum Gasteiger partial charge on any atom is -0.446 e. The highest BCUT2D eigenvalue weighted by atomic mass is 19.4. The molecule has 0 bridgehead atoms. The Balaban J connectivity index is 1.06. The first-order chi connectivity index (χ1) is 23.6. The van der Waals surface area contributed by atoms with E-state index < -0.39 is 31.0 Å². The second-order valence-corrected chi connectivity index (χ2v) is 19.6. The topological polar surface area (TPSA) is 101 Å². The van der Waals surface area contributed by atoms with Gasteiger partial charge in [0.2, 0.25) is 0 Å². The first-order valence-corrected chi connectivity index (χ1v) is 19.6. The van der Waals surface area contributed by atoms with Crippen molar-refractivity contribution >= 4 is 12.2 Å². The maximum Gasteiger partial charge on any atom is 0.409 e. The molecule has 2 saturated heterocycles. The third-order valence-corrected chi connectivity index (χ3v) is 16.3. The maximum absolute atomic E-state index is 13.0. The number of halogens is 3. The number of hydrogen-bond donors (Lipinski definition) is 2. The van der Waals surface area contributed by atoms with Gasteiger partial charge in [0.25, 0.3) is 0 Å². The first kappa shape index (κ1) is 37.5. The quantitative estimate of drug-likeness (QED) is 0.309. The second kappa shape index (κ2) is 12.1. The van der Waals surface area contributed by atoms with Crippen LogP contribution in [0.5, 0.6) is 0 Å². The molecule has 7 aliphatic rings. The summed E-state index contributed by atoms with van der Waals surface area (Å²) in [4.78, 5) is 28.4. The molecule has 13 atom stereocenters. The standard InChI is InChI=1S/C39H62F3N3O6/c1-21(2)29(51-33(48)44(8)9)24-16-22(3)28-30(49-24)31(46)36(7)26-11-10-25-34(4,5)27(12-13-37(25)19-38(26,37)15-14-35(28,36)6)50-32(47)43-23-17-45(18-23)20-39(40,41)42/h21-31,46H,10-20H2,1-9H3,(H,43,47)/t22-,24?,25+,26?,27+,28+,29-,30?,31+,35-,36-,37-,38?/m1/s1. The Morgan fingerprint density at radius 1 is 1.02 bits per heavy atom. The summed E-state index contributed by atoms with van der Waals surface area (Å²) >= 11 is 0. The number of likely N-dealkylation sites (tertiary alicyclic amines) is 1. The van der Waals surface area contributed by atoms with Crippen molar-refractivity contribution in [3.8, 4) is 0 Å². The fourth-order valence-corrected chi connectivity index (χ4v) is 14.0. The van der Waals surface area contributed by atoms with Crippen molar-refractivity contribution in [1.82, 2.24) is 15.1 Å². The number of alkyl halides is 3. The van der Waals surface area contributed by atoms with Gasteiger partial charge in [0.05, 0.1) is 30.9 Å². The largest absolute Gasteiger partial charge is 0.446 e. The van der Waals surface area contributed by atoms with Gasteiger partial charge in [0.1, 0.15) is 12.2 Å². The van der Waals surface area contributed by atoms with Crippen LogP contribution in [0.4, 0.5) is 22.8 Å². The number of hydrogen-bond acceptors (Lipinski definition) is 7. The van der Waals surface area contributed by atoms with Crippen LogP contribution in [0.1, 0.15) is 99.8 Å². The molecule has 0 aromatic rings. The van der Waals surface area contributed by atoms with Gasteiger partial charge in [-0.1, -0.05) is 48.5 Å². The Hall–Kier alpha value is -1.79. The molecule has 2 N–H and O–H groups in total. The number of alkyl carbamates (subject to hydrolysis) is 1. The van der Waals surface area contributed by atoms with Crippen LogP contribution in [0.25, 0.3) is 0 Å². The molecule has 51 heavy (non-hydrogen) atoms. The van der Waals surface area contributed by atoms with Gasteiger partial charge in [-0.05, 0) is 97.2 Å². The molecule has 2 amide bonds. The number of aliphatic hydroxyl groups excluding tert-OH is 1. The van der Waals surface area contributed by atoms with Crippen LogP contribution in [0.2, 0.25) is 0 Å². The summed E-state index contributed by atoms with van der Waals surface area (Å²) in [6, 6.07) is -0.329. The molecule has 290 valence electrons. The van der Waals surface area contributed by atoms with E-state index in [0.29, 0.717) is 17.8 Å². The molecule has 0 radical (unpaired) electrons. The van der Waals surface area contributed by atoms with Crippen LogP contribution >= 0.6 is 0 Å². The normalized spacial score (nSPS) is 46.3. The molecule has 2 aliphatic heterocycles. The van der Waals surface area contributed by atoms with Crippen molar-refractivity contribution in [1.29, 1.82) is 0 Å². The lowest BCUT2D eigenvalue weighted by atomic mass is 9.41. The highest BCUT2D eigenvalue weighted by Gasteiger charge is 2.84. The van der Waals surface area contributed by atoms with Crippen LogP contribution in [0.3, 0.4) is 0 Å². The third-order valence-electron chi connectivity index (χ3n) is 16.3. The van der Waals surface area contributed by atoms with E-state index in [1.54, 1.807) is 14.1 Å². The smallest absolute Gasteiger partial charge is 0.409 e. The summed E-state index contributed by atoms with van der Waals surface area (Å²) < 4.78 is 57.2. The fraction of sp³-hybridized carbons (Fsp3) is 0.949. The monoisotopic (exact) mass is 725 g/mol. The number of aliphatic hydroxyl groups is 1. The van der Waals surface area contributed by atoms with E-state index in [1.807, 2.05) is 0 Å². The van der Waals surface area contributed by atoms with E-state index in [-0.39, 0.29) is 82.4 Å². The summed E-state index contributed by atoms with van der Waals surface area (Å²) in [7, 11) is 3.38. The summed E-state index contributed by atoms with van der Waals surface area (Å²) in [5, 5.41) is 15.4. The van der Waals surface area contributed by atoms with Gasteiger partial charge in [-0.15, -0.1) is 0 Å². The number of nitrogens with zero attached hydrogens (tertiary/aromatic N) is 2. The molecule has 0 aromatic carbocycles. The minimum absolute atomic E-state index is 0.0693. The summed E-state index contributed by atoms with van der Waals surface area (Å²) in [6.45, 7) is 15.1. The average Bonchev–Trinajstić information content (AvgIpc) is 3.64. The average molecular weight is 726 g/mol. The lowest BCUT2D eigenvalue weighted by molar-refractivity contribution is -0.185. The zero-order chi connectivity index (χ0) is 37.3. The van der Waals surface area contributed by atoms with Crippen LogP contribution < -0.4 is 5.32 Å². The number of carbonyl (C=O) groups is 2. The first-order valence-electron chi connectivity index (χ1n) is 19.6. The van der Waals surface area contributed by atoms with E-state index in [9.17, 15) is 27.9 Å². The van der Waals surface area contributed by atoms with Gasteiger partial charge < -0.3 is 29.5 Å². The van der Waals surface area contributed by atoms with E-state index in [1.165, 1.54) is 9.80 Å². The number of fused-ring (bicyclic) bond motifs is 4. The van der Waals surface area contributed by atoms with Gasteiger partial charge in [-0.25, -0.2) is 9.59 Å². The Bertz CT molecular complexity index is 1390. The van der Waals surface area contributed by atoms with Gasteiger partial charge in [0.15, 0.2) is 0 Å². The minimum atomic E-state index is -4.24. The maximum atomic E-state index is 13.0. The zero-order valence-electron chi connectivity index (χ0n) is 32.1. The SMILES string of the molecule is CC(C)[C@@H](OC(=O)N(C)C)C1C[C@@H](C)[C@H]2C(O1)[C@H](O)[C@@]1(C)C3CC[C@H]4C(C)(C)[C@@H](OC(=O)NC5CN(CC(F)(F)F)C5)CC[C@@]45CC35CC[C@]21C. The van der Waals surface area contributed by atoms with Crippen molar-refractivity contribution in [2.75, 3.05) is 33.7 Å². The Morgan fingerprint density at radius 3 is 2.29 bits per heavy atom. The fourth-order valence-electron chi connectivity index (χ4n) is 14.0. The number of carbonyl (C=O) groups excluding carboxylic acids is 2. The van der Waals surface area contributed by atoms with E-state index in [0.717, 1.165) is 51.4 Å². The highest BCUT2D eigenvalue weighted by Crippen LogP contribution is 2.89. The van der Waals surface area contributed by atoms with Crippen molar-refractivity contribution < 1.29 is 42.1 Å². The van der Waals surface area contributed by atoms with Crippen molar-refractivity contribution in [2.45, 2.75) is 143 Å².